The highest BCUT2D eigenvalue weighted by atomic mass is 16.5. The molecule has 2 atom stereocenters. The zero-order chi connectivity index (χ0) is 12.1. The first-order chi connectivity index (χ1) is 8.84. The van der Waals surface area contributed by atoms with Gasteiger partial charge in [-0.2, -0.15) is 0 Å². The van der Waals surface area contributed by atoms with Gasteiger partial charge < -0.3 is 4.74 Å². The molecule has 2 nitrogen and oxygen atoms in total. The van der Waals surface area contributed by atoms with Crippen molar-refractivity contribution in [3.63, 3.8) is 0 Å². The summed E-state index contributed by atoms with van der Waals surface area (Å²) in [4.78, 5) is 12.5. The van der Waals surface area contributed by atoms with E-state index < -0.39 is 0 Å². The van der Waals surface area contributed by atoms with Crippen LogP contribution < -0.4 is 4.74 Å². The highest BCUT2D eigenvalue weighted by Gasteiger charge is 2.54. The Bertz CT molecular complexity index is 494. The molecule has 0 saturated heterocycles. The minimum atomic E-state index is 0.341. The summed E-state index contributed by atoms with van der Waals surface area (Å²) in [6, 6.07) is 5.99. The molecule has 0 bridgehead atoms. The van der Waals surface area contributed by atoms with Gasteiger partial charge in [-0.25, -0.2) is 0 Å². The third kappa shape index (κ3) is 1.51. The summed E-state index contributed by atoms with van der Waals surface area (Å²) in [5.74, 6) is 3.11. The van der Waals surface area contributed by atoms with Gasteiger partial charge in [0.05, 0.1) is 6.61 Å². The molecule has 1 aliphatic heterocycles. The fourth-order valence-electron chi connectivity index (χ4n) is 3.91. The number of carbonyl (C=O) groups is 1. The van der Waals surface area contributed by atoms with Gasteiger partial charge in [-0.1, -0.05) is 12.8 Å². The smallest absolute Gasteiger partial charge is 0.166 e. The van der Waals surface area contributed by atoms with Gasteiger partial charge in [0, 0.05) is 17.9 Å². The van der Waals surface area contributed by atoms with Crippen LogP contribution in [0.2, 0.25) is 0 Å². The second-order valence-corrected chi connectivity index (χ2v) is 5.92. The first-order valence-corrected chi connectivity index (χ1v) is 7.14. The number of rotatable bonds is 2. The molecular formula is C16H18O2. The average molecular weight is 242 g/mol. The van der Waals surface area contributed by atoms with Crippen LogP contribution in [0.3, 0.4) is 0 Å². The van der Waals surface area contributed by atoms with Gasteiger partial charge in [0.15, 0.2) is 5.78 Å². The number of carbonyl (C=O) groups excluding carboxylic acids is 1. The highest BCUT2D eigenvalue weighted by molar-refractivity contribution is 6.00. The zero-order valence-corrected chi connectivity index (χ0v) is 10.5. The number of hydrogen-bond acceptors (Lipinski definition) is 2. The fraction of sp³-hybridized carbons (Fsp3) is 0.562. The normalized spacial score (nSPS) is 32.3. The van der Waals surface area contributed by atoms with Gasteiger partial charge >= 0.3 is 0 Å². The summed E-state index contributed by atoms with van der Waals surface area (Å²) >= 11 is 0. The molecule has 2 unspecified atom stereocenters. The van der Waals surface area contributed by atoms with E-state index in [1.165, 1.54) is 31.2 Å². The van der Waals surface area contributed by atoms with Crippen molar-refractivity contribution in [2.45, 2.75) is 32.1 Å². The lowest BCUT2D eigenvalue weighted by atomic mass is 10.0. The first-order valence-electron chi connectivity index (χ1n) is 7.14. The van der Waals surface area contributed by atoms with E-state index in [2.05, 4.69) is 6.07 Å². The van der Waals surface area contributed by atoms with E-state index in [1.807, 2.05) is 12.1 Å². The molecule has 1 aromatic carbocycles. The predicted molar refractivity (Wildman–Crippen MR) is 68.9 cm³/mol. The number of fused-ring (bicyclic) bond motifs is 2. The Balaban J connectivity index is 1.58. The second-order valence-electron chi connectivity index (χ2n) is 5.92. The largest absolute Gasteiger partial charge is 0.493 e. The molecule has 0 spiro atoms. The highest BCUT2D eigenvalue weighted by Crippen LogP contribution is 2.56. The maximum absolute atomic E-state index is 12.5. The molecule has 2 fully saturated rings. The van der Waals surface area contributed by atoms with Gasteiger partial charge in [0.2, 0.25) is 0 Å². The van der Waals surface area contributed by atoms with Crippen molar-refractivity contribution in [2.75, 3.05) is 6.61 Å². The minimum absolute atomic E-state index is 0.341. The van der Waals surface area contributed by atoms with Crippen LogP contribution in [0.1, 0.15) is 41.6 Å². The Morgan fingerprint density at radius 1 is 1.17 bits per heavy atom. The molecule has 1 heterocycles. The lowest BCUT2D eigenvalue weighted by molar-refractivity contribution is 0.0956. The van der Waals surface area contributed by atoms with E-state index in [0.717, 1.165) is 24.3 Å². The van der Waals surface area contributed by atoms with Crippen LogP contribution >= 0.6 is 0 Å². The number of Topliss-reactive ketones (excluding diaryl/α,β-unsaturated/α-hetero) is 1. The molecular weight excluding hydrogens is 224 g/mol. The Kier molecular flexibility index (Phi) is 2.26. The van der Waals surface area contributed by atoms with Crippen LogP contribution in [0.5, 0.6) is 5.75 Å². The van der Waals surface area contributed by atoms with Crippen LogP contribution in [0.25, 0.3) is 0 Å². The fourth-order valence-corrected chi connectivity index (χ4v) is 3.91. The van der Waals surface area contributed by atoms with Crippen LogP contribution in [-0.2, 0) is 6.42 Å². The average Bonchev–Trinajstić information content (AvgIpc) is 2.95. The van der Waals surface area contributed by atoms with Crippen LogP contribution in [0.4, 0.5) is 0 Å². The maximum Gasteiger partial charge on any atom is 0.166 e. The predicted octanol–water partition coefficient (Wildman–Crippen LogP) is 3.24. The molecule has 18 heavy (non-hydrogen) atoms. The number of ether oxygens (including phenoxy) is 1. The van der Waals surface area contributed by atoms with Gasteiger partial charge in [0.25, 0.3) is 0 Å². The Hall–Kier alpha value is -1.31. The monoisotopic (exact) mass is 242 g/mol. The standard InChI is InChI=1S/C16H18O2/c17-16(15-12-3-1-2-4-13(12)15)11-5-6-14-10(9-11)7-8-18-14/h5-6,9,12-13,15H,1-4,7-8H2. The van der Waals surface area contributed by atoms with Gasteiger partial charge in [-0.15, -0.1) is 0 Å². The van der Waals surface area contributed by atoms with Crippen LogP contribution in [0, 0.1) is 17.8 Å². The van der Waals surface area contributed by atoms with E-state index in [1.54, 1.807) is 0 Å². The van der Waals surface area contributed by atoms with E-state index >= 15 is 0 Å². The molecule has 0 N–H and O–H groups in total. The lowest BCUT2D eigenvalue weighted by Crippen LogP contribution is -2.04. The van der Waals surface area contributed by atoms with E-state index in [4.69, 9.17) is 4.74 Å². The van der Waals surface area contributed by atoms with Crippen molar-refractivity contribution in [3.05, 3.63) is 29.3 Å². The van der Waals surface area contributed by atoms with Gasteiger partial charge in [-0.05, 0) is 48.4 Å². The Morgan fingerprint density at radius 3 is 2.72 bits per heavy atom. The van der Waals surface area contributed by atoms with E-state index in [0.29, 0.717) is 23.5 Å². The molecule has 94 valence electrons. The number of ketones is 1. The summed E-state index contributed by atoms with van der Waals surface area (Å²) in [5.41, 5.74) is 2.13. The molecule has 4 rings (SSSR count). The van der Waals surface area contributed by atoms with Gasteiger partial charge in [0.1, 0.15) is 5.75 Å². The first kappa shape index (κ1) is 10.6. The van der Waals surface area contributed by atoms with Crippen molar-refractivity contribution in [3.8, 4) is 5.75 Å². The SMILES string of the molecule is O=C(c1ccc2c(c1)CCO2)C1C2CCCCC21. The molecule has 1 aromatic rings. The summed E-state index contributed by atoms with van der Waals surface area (Å²) in [7, 11) is 0. The van der Waals surface area contributed by atoms with Crippen LogP contribution in [0.15, 0.2) is 18.2 Å². The quantitative estimate of drug-likeness (QED) is 0.744. The zero-order valence-electron chi connectivity index (χ0n) is 10.5. The van der Waals surface area contributed by atoms with Crippen molar-refractivity contribution < 1.29 is 9.53 Å². The Labute approximate surface area is 107 Å². The molecule has 0 amide bonds. The van der Waals surface area contributed by atoms with Crippen molar-refractivity contribution in [1.29, 1.82) is 0 Å². The summed E-state index contributed by atoms with van der Waals surface area (Å²) < 4.78 is 5.49. The second kappa shape index (κ2) is 3.84. The van der Waals surface area contributed by atoms with Crippen molar-refractivity contribution in [2.24, 2.45) is 17.8 Å². The summed E-state index contributed by atoms with van der Waals surface area (Å²) in [6.45, 7) is 0.766. The third-order valence-electron chi connectivity index (χ3n) is 4.93. The molecule has 0 aromatic heterocycles. The molecule has 0 radical (unpaired) electrons. The Morgan fingerprint density at radius 2 is 1.94 bits per heavy atom. The molecule has 2 aliphatic carbocycles. The van der Waals surface area contributed by atoms with Crippen molar-refractivity contribution >= 4 is 5.78 Å². The number of hydrogen-bond donors (Lipinski definition) is 0. The molecule has 2 saturated carbocycles. The third-order valence-corrected chi connectivity index (χ3v) is 4.93. The maximum atomic E-state index is 12.5. The van der Waals surface area contributed by atoms with E-state index in [-0.39, 0.29) is 0 Å². The molecule has 2 heteroatoms. The molecule has 3 aliphatic rings. The summed E-state index contributed by atoms with van der Waals surface area (Å²) in [6.07, 6.45) is 6.14. The van der Waals surface area contributed by atoms with Crippen LogP contribution in [-0.4, -0.2) is 12.4 Å². The van der Waals surface area contributed by atoms with Crippen molar-refractivity contribution in [1.82, 2.24) is 0 Å². The lowest BCUT2D eigenvalue weighted by Gasteiger charge is -2.04. The topological polar surface area (TPSA) is 26.3 Å². The summed E-state index contributed by atoms with van der Waals surface area (Å²) in [5, 5.41) is 0. The number of benzene rings is 1. The van der Waals surface area contributed by atoms with Gasteiger partial charge in [-0.3, -0.25) is 4.79 Å². The van der Waals surface area contributed by atoms with E-state index in [9.17, 15) is 4.79 Å². The minimum Gasteiger partial charge on any atom is -0.493 e.